The lowest BCUT2D eigenvalue weighted by Crippen LogP contribution is -2.47. The van der Waals surface area contributed by atoms with Crippen LogP contribution < -0.4 is 5.32 Å². The van der Waals surface area contributed by atoms with E-state index in [0.29, 0.717) is 28.8 Å². The highest BCUT2D eigenvalue weighted by Crippen LogP contribution is 2.33. The van der Waals surface area contributed by atoms with Gasteiger partial charge < -0.3 is 15.5 Å². The number of aromatic nitrogens is 3. The molecule has 3 aromatic rings. The second kappa shape index (κ2) is 7.82. The molecular formula is C21H26ClN5O2. The van der Waals surface area contributed by atoms with E-state index < -0.39 is 5.60 Å². The molecule has 8 heteroatoms. The first kappa shape index (κ1) is 19.9. The minimum absolute atomic E-state index is 0.0742. The molecule has 0 aliphatic carbocycles. The first-order valence-corrected chi connectivity index (χ1v) is 10.2. The van der Waals surface area contributed by atoms with Crippen molar-refractivity contribution in [1.82, 2.24) is 19.5 Å². The zero-order valence-electron chi connectivity index (χ0n) is 16.6. The van der Waals surface area contributed by atoms with Crippen molar-refractivity contribution in [3.63, 3.8) is 0 Å². The molecule has 4 rings (SSSR count). The van der Waals surface area contributed by atoms with Gasteiger partial charge in [0.05, 0.1) is 11.1 Å². The summed E-state index contributed by atoms with van der Waals surface area (Å²) >= 11 is 5.96. The summed E-state index contributed by atoms with van der Waals surface area (Å²) in [7, 11) is 0. The van der Waals surface area contributed by atoms with Gasteiger partial charge in [-0.3, -0.25) is 9.30 Å². The summed E-state index contributed by atoms with van der Waals surface area (Å²) in [5, 5.41) is 33.2. The van der Waals surface area contributed by atoms with Gasteiger partial charge in [0.15, 0.2) is 0 Å². The van der Waals surface area contributed by atoms with E-state index in [-0.39, 0.29) is 11.8 Å². The van der Waals surface area contributed by atoms with Crippen LogP contribution in [0.3, 0.4) is 0 Å². The zero-order chi connectivity index (χ0) is 20.6. The topological polar surface area (TPSA) is 85.9 Å². The predicted octanol–water partition coefficient (Wildman–Crippen LogP) is 3.40. The molecule has 0 amide bonds. The van der Waals surface area contributed by atoms with Crippen molar-refractivity contribution in [3.05, 3.63) is 41.6 Å². The summed E-state index contributed by atoms with van der Waals surface area (Å²) in [6.45, 7) is 6.15. The normalized spacial score (nSPS) is 18.3. The minimum atomic E-state index is -0.711. The van der Waals surface area contributed by atoms with E-state index >= 15 is 0 Å². The van der Waals surface area contributed by atoms with Gasteiger partial charge in [-0.05, 0) is 63.6 Å². The second-order valence-electron chi connectivity index (χ2n) is 8.33. The molecule has 1 aliphatic heterocycles. The molecule has 1 aliphatic rings. The van der Waals surface area contributed by atoms with Crippen molar-refractivity contribution >= 4 is 23.1 Å². The van der Waals surface area contributed by atoms with Gasteiger partial charge in [0.2, 0.25) is 5.95 Å². The third-order valence-electron chi connectivity index (χ3n) is 5.13. The van der Waals surface area contributed by atoms with Gasteiger partial charge in [0, 0.05) is 35.9 Å². The Labute approximate surface area is 174 Å². The number of hydrogen-bond acceptors (Lipinski definition) is 6. The summed E-state index contributed by atoms with van der Waals surface area (Å²) in [5.74, 6) is 0.738. The Morgan fingerprint density at radius 1 is 1.28 bits per heavy atom. The summed E-state index contributed by atoms with van der Waals surface area (Å²) in [6, 6.07) is 9.08. The number of nitrogens with zero attached hydrogens (tertiary/aromatic N) is 4. The van der Waals surface area contributed by atoms with E-state index in [1.807, 2.05) is 36.6 Å². The molecule has 0 bridgehead atoms. The largest absolute Gasteiger partial charge is 0.507 e. The molecule has 154 valence electrons. The summed E-state index contributed by atoms with van der Waals surface area (Å²) in [5.41, 5.74) is 1.33. The third-order valence-corrected chi connectivity index (χ3v) is 5.36. The van der Waals surface area contributed by atoms with E-state index in [4.69, 9.17) is 11.6 Å². The summed E-state index contributed by atoms with van der Waals surface area (Å²) in [4.78, 5) is 2.28. The predicted molar refractivity (Wildman–Crippen MR) is 114 cm³/mol. The van der Waals surface area contributed by atoms with Gasteiger partial charge in [-0.1, -0.05) is 11.6 Å². The lowest BCUT2D eigenvalue weighted by atomic mass is 10.0. The molecule has 1 saturated heterocycles. The van der Waals surface area contributed by atoms with Crippen molar-refractivity contribution < 1.29 is 10.2 Å². The summed E-state index contributed by atoms with van der Waals surface area (Å²) < 4.78 is 1.95. The molecule has 1 atom stereocenters. The number of piperidine rings is 1. The van der Waals surface area contributed by atoms with Crippen LogP contribution in [-0.2, 0) is 0 Å². The number of likely N-dealkylation sites (tertiary alicyclic amines) is 1. The van der Waals surface area contributed by atoms with Gasteiger partial charge >= 0.3 is 0 Å². The molecule has 0 radical (unpaired) electrons. The first-order chi connectivity index (χ1) is 13.8. The molecule has 0 unspecified atom stereocenters. The van der Waals surface area contributed by atoms with Crippen molar-refractivity contribution in [2.75, 3.05) is 25.0 Å². The standard InChI is InChI=1S/C21H26ClN5O2/c1-21(2,29)13-26-9-3-5-15(12-26)23-20-25-24-19(17-6-4-10-27(17)20)16-8-7-14(22)11-18(16)28/h4,6-8,10-11,15,28-29H,3,5,9,12-13H2,1-2H3,(H,23,25)/t15-/m1/s1. The van der Waals surface area contributed by atoms with Crippen LogP contribution in [0.15, 0.2) is 36.5 Å². The fourth-order valence-corrected chi connectivity index (χ4v) is 4.16. The van der Waals surface area contributed by atoms with Crippen LogP contribution in [0.4, 0.5) is 5.95 Å². The molecule has 2 aromatic heterocycles. The number of rotatable bonds is 5. The molecule has 7 nitrogen and oxygen atoms in total. The third kappa shape index (κ3) is 4.47. The lowest BCUT2D eigenvalue weighted by Gasteiger charge is -2.36. The highest BCUT2D eigenvalue weighted by Gasteiger charge is 2.25. The average molecular weight is 416 g/mol. The lowest BCUT2D eigenvalue weighted by molar-refractivity contribution is 0.0286. The Bertz CT molecular complexity index is 1010. The number of halogens is 1. The molecule has 3 N–H and O–H groups in total. The number of phenolic OH excluding ortho intramolecular Hbond substituents is 1. The van der Waals surface area contributed by atoms with Crippen LogP contribution in [0.1, 0.15) is 26.7 Å². The number of phenols is 1. The number of anilines is 1. The average Bonchev–Trinajstić information content (AvgIpc) is 3.12. The monoisotopic (exact) mass is 415 g/mol. The smallest absolute Gasteiger partial charge is 0.228 e. The van der Waals surface area contributed by atoms with Gasteiger partial charge in [-0.25, -0.2) is 0 Å². The molecule has 0 spiro atoms. The van der Waals surface area contributed by atoms with E-state index in [2.05, 4.69) is 20.4 Å². The quantitative estimate of drug-likeness (QED) is 0.592. The van der Waals surface area contributed by atoms with Crippen LogP contribution >= 0.6 is 11.6 Å². The van der Waals surface area contributed by atoms with Crippen molar-refractivity contribution in [2.24, 2.45) is 0 Å². The number of aliphatic hydroxyl groups is 1. The van der Waals surface area contributed by atoms with E-state index in [1.54, 1.807) is 12.1 Å². The number of benzene rings is 1. The maximum absolute atomic E-state index is 10.3. The highest BCUT2D eigenvalue weighted by molar-refractivity contribution is 6.30. The maximum atomic E-state index is 10.3. The van der Waals surface area contributed by atoms with Gasteiger partial charge in [0.25, 0.3) is 0 Å². The van der Waals surface area contributed by atoms with Crippen molar-refractivity contribution in [3.8, 4) is 17.0 Å². The number of β-amino-alcohol motifs (C(OH)–C–C–N with tert-alkyl or cyclic N) is 1. The number of aromatic hydroxyl groups is 1. The molecule has 29 heavy (non-hydrogen) atoms. The Morgan fingerprint density at radius 3 is 2.86 bits per heavy atom. The van der Waals surface area contributed by atoms with Gasteiger partial charge in [0.1, 0.15) is 11.4 Å². The van der Waals surface area contributed by atoms with E-state index in [0.717, 1.165) is 31.4 Å². The molecule has 1 aromatic carbocycles. The Morgan fingerprint density at radius 2 is 2.10 bits per heavy atom. The number of nitrogens with one attached hydrogen (secondary N) is 1. The molecule has 3 heterocycles. The fourth-order valence-electron chi connectivity index (χ4n) is 4.00. The molecule has 0 saturated carbocycles. The second-order valence-corrected chi connectivity index (χ2v) is 8.76. The maximum Gasteiger partial charge on any atom is 0.228 e. The molecule has 1 fully saturated rings. The minimum Gasteiger partial charge on any atom is -0.507 e. The van der Waals surface area contributed by atoms with Gasteiger partial charge in [-0.15, -0.1) is 10.2 Å². The van der Waals surface area contributed by atoms with Crippen LogP contribution in [0.25, 0.3) is 16.8 Å². The number of hydrogen-bond donors (Lipinski definition) is 3. The summed E-state index contributed by atoms with van der Waals surface area (Å²) in [6.07, 6.45) is 4.03. The van der Waals surface area contributed by atoms with E-state index in [9.17, 15) is 10.2 Å². The highest BCUT2D eigenvalue weighted by atomic mass is 35.5. The molecular weight excluding hydrogens is 390 g/mol. The van der Waals surface area contributed by atoms with Crippen LogP contribution in [0.5, 0.6) is 5.75 Å². The Balaban J connectivity index is 1.59. The van der Waals surface area contributed by atoms with E-state index in [1.165, 1.54) is 6.07 Å². The van der Waals surface area contributed by atoms with Crippen LogP contribution in [0, 0.1) is 0 Å². The van der Waals surface area contributed by atoms with Gasteiger partial charge in [-0.2, -0.15) is 0 Å². The van der Waals surface area contributed by atoms with Crippen molar-refractivity contribution in [1.29, 1.82) is 0 Å². The SMILES string of the molecule is CC(C)(O)CN1CCC[C@@H](Nc2nnc(-c3ccc(Cl)cc3O)c3cccn23)C1. The number of fused-ring (bicyclic) bond motifs is 1. The Kier molecular flexibility index (Phi) is 5.38. The first-order valence-electron chi connectivity index (χ1n) is 9.84. The fraction of sp³-hybridized carbons (Fsp3) is 0.429. The zero-order valence-corrected chi connectivity index (χ0v) is 17.4. The van der Waals surface area contributed by atoms with Crippen LogP contribution in [0.2, 0.25) is 5.02 Å². The van der Waals surface area contributed by atoms with Crippen LogP contribution in [-0.4, -0.2) is 61.0 Å². The van der Waals surface area contributed by atoms with Crippen molar-refractivity contribution in [2.45, 2.75) is 38.3 Å². The Hall–Kier alpha value is -2.35.